The van der Waals surface area contributed by atoms with Gasteiger partial charge in [0.2, 0.25) is 5.95 Å². The number of benzene rings is 2. The molecule has 2 aromatic carbocycles. The Morgan fingerprint density at radius 3 is 2.55 bits per heavy atom. The molecule has 0 fully saturated rings. The van der Waals surface area contributed by atoms with E-state index in [0.717, 1.165) is 17.0 Å². The van der Waals surface area contributed by atoms with Gasteiger partial charge in [-0.05, 0) is 49.4 Å². The molecule has 2 aromatic heterocycles. The number of carbonyl (C=O) groups is 1. The van der Waals surface area contributed by atoms with Crippen molar-refractivity contribution >= 4 is 23.4 Å². The van der Waals surface area contributed by atoms with Gasteiger partial charge in [-0.25, -0.2) is 4.98 Å². The average molecular weight is 442 g/mol. The van der Waals surface area contributed by atoms with Gasteiger partial charge in [0, 0.05) is 29.6 Å². The third-order valence-electron chi connectivity index (χ3n) is 4.53. The smallest absolute Gasteiger partial charge is 0.267 e. The maximum atomic E-state index is 11.3. The van der Waals surface area contributed by atoms with Crippen LogP contribution in [0.25, 0.3) is 11.3 Å². The lowest BCUT2D eigenvalue weighted by atomic mass is 10.1. The third kappa shape index (κ3) is 5.53. The van der Waals surface area contributed by atoms with E-state index in [1.165, 1.54) is 12.3 Å². The second kappa shape index (κ2) is 9.65. The molecule has 5 N–H and O–H groups in total. The Kier molecular flexibility index (Phi) is 6.31. The van der Waals surface area contributed by atoms with Crippen LogP contribution in [0.1, 0.15) is 17.4 Å². The molecule has 9 nitrogen and oxygen atoms in total. The number of ether oxygens (including phenoxy) is 2. The first-order chi connectivity index (χ1) is 16.0. The molecule has 1 amide bonds. The van der Waals surface area contributed by atoms with Gasteiger partial charge in [0.25, 0.3) is 5.91 Å². The first-order valence-corrected chi connectivity index (χ1v) is 10.2. The minimum Gasteiger partial charge on any atom is -0.494 e. The van der Waals surface area contributed by atoms with Gasteiger partial charge in [-0.15, -0.1) is 0 Å². The van der Waals surface area contributed by atoms with Gasteiger partial charge in [-0.1, -0.05) is 12.1 Å². The highest BCUT2D eigenvalue weighted by Crippen LogP contribution is 2.27. The highest BCUT2D eigenvalue weighted by Gasteiger charge is 2.08. The molecule has 0 radical (unpaired) electrons. The van der Waals surface area contributed by atoms with Crippen molar-refractivity contribution in [1.29, 1.82) is 0 Å². The second-order valence-corrected chi connectivity index (χ2v) is 6.95. The van der Waals surface area contributed by atoms with Crippen LogP contribution >= 0.6 is 0 Å². The van der Waals surface area contributed by atoms with E-state index in [1.54, 1.807) is 18.2 Å². The van der Waals surface area contributed by atoms with E-state index in [4.69, 9.17) is 20.9 Å². The number of nitrogens with two attached hydrogens (primary N) is 2. The summed E-state index contributed by atoms with van der Waals surface area (Å²) >= 11 is 0. The summed E-state index contributed by atoms with van der Waals surface area (Å²) in [6, 6.07) is 19.8. The molecule has 0 aliphatic rings. The number of primary amides is 1. The summed E-state index contributed by atoms with van der Waals surface area (Å²) in [5.74, 6) is 1.88. The van der Waals surface area contributed by atoms with Crippen molar-refractivity contribution in [1.82, 2.24) is 15.0 Å². The van der Waals surface area contributed by atoms with Crippen LogP contribution in [0.5, 0.6) is 17.2 Å². The van der Waals surface area contributed by atoms with Crippen molar-refractivity contribution in [3.63, 3.8) is 0 Å². The summed E-state index contributed by atoms with van der Waals surface area (Å²) in [5.41, 5.74) is 13.7. The monoisotopic (exact) mass is 442 g/mol. The fourth-order valence-corrected chi connectivity index (χ4v) is 3.09. The van der Waals surface area contributed by atoms with Gasteiger partial charge >= 0.3 is 0 Å². The largest absolute Gasteiger partial charge is 0.494 e. The van der Waals surface area contributed by atoms with E-state index in [9.17, 15) is 4.79 Å². The van der Waals surface area contributed by atoms with Gasteiger partial charge in [0.05, 0.1) is 12.3 Å². The number of hydrogen-bond donors (Lipinski definition) is 3. The Morgan fingerprint density at radius 2 is 1.79 bits per heavy atom. The molecule has 0 unspecified atom stereocenters. The molecule has 4 rings (SSSR count). The molecular formula is C24H22N6O3. The topological polar surface area (TPSA) is 138 Å². The Balaban J connectivity index is 1.50. The number of aromatic nitrogens is 3. The molecule has 0 aliphatic carbocycles. The lowest BCUT2D eigenvalue weighted by Gasteiger charge is -2.11. The van der Waals surface area contributed by atoms with Crippen LogP contribution in [-0.2, 0) is 0 Å². The van der Waals surface area contributed by atoms with E-state index in [1.807, 2.05) is 49.4 Å². The van der Waals surface area contributed by atoms with E-state index in [2.05, 4.69) is 20.3 Å². The molecule has 0 bridgehead atoms. The number of nitrogens with zero attached hydrogens (tertiary/aromatic N) is 3. The lowest BCUT2D eigenvalue weighted by molar-refractivity contribution is 0.0995. The Hall–Kier alpha value is -4.66. The molecule has 9 heteroatoms. The third-order valence-corrected chi connectivity index (χ3v) is 4.53. The van der Waals surface area contributed by atoms with E-state index in [-0.39, 0.29) is 11.6 Å². The highest BCUT2D eigenvalue weighted by molar-refractivity contribution is 5.91. The minimum atomic E-state index is -0.617. The number of anilines is 3. The second-order valence-electron chi connectivity index (χ2n) is 6.95. The molecule has 33 heavy (non-hydrogen) atoms. The normalized spacial score (nSPS) is 10.5. The summed E-state index contributed by atoms with van der Waals surface area (Å²) in [4.78, 5) is 23.8. The number of nitrogens with one attached hydrogen (secondary N) is 1. The number of nitrogen functional groups attached to an aromatic ring is 1. The molecular weight excluding hydrogens is 420 g/mol. The van der Waals surface area contributed by atoms with Crippen LogP contribution in [0.3, 0.4) is 0 Å². The van der Waals surface area contributed by atoms with E-state index >= 15 is 0 Å². The summed E-state index contributed by atoms with van der Waals surface area (Å²) in [5, 5.41) is 3.22. The highest BCUT2D eigenvalue weighted by atomic mass is 16.5. The van der Waals surface area contributed by atoms with Gasteiger partial charge < -0.3 is 26.3 Å². The van der Waals surface area contributed by atoms with Gasteiger partial charge in [-0.3, -0.25) is 9.78 Å². The molecule has 0 spiro atoms. The Labute approximate surface area is 190 Å². The van der Waals surface area contributed by atoms with Gasteiger partial charge in [0.15, 0.2) is 0 Å². The maximum Gasteiger partial charge on any atom is 0.267 e. The summed E-state index contributed by atoms with van der Waals surface area (Å²) in [6.07, 6.45) is 1.46. The van der Waals surface area contributed by atoms with Crippen molar-refractivity contribution in [2.75, 3.05) is 17.7 Å². The lowest BCUT2D eigenvalue weighted by Crippen LogP contribution is -2.12. The molecule has 166 valence electrons. The first kappa shape index (κ1) is 21.6. The zero-order valence-electron chi connectivity index (χ0n) is 17.9. The van der Waals surface area contributed by atoms with Crippen LogP contribution in [0.15, 0.2) is 72.9 Å². The number of carbonyl (C=O) groups excluding carboxylic acids is 1. The minimum absolute atomic E-state index is 0.134. The molecule has 0 saturated carbocycles. The standard InChI is InChI=1S/C24H22N6O3/c1-2-32-18-5-3-4-15(12-18)20-14-22(30-24(26)29-20)28-16-6-8-17(9-7-16)33-19-10-11-27-21(13-19)23(25)31/h3-14H,2H2,1H3,(H2,25,31)(H3,26,28,29,30). The molecule has 0 atom stereocenters. The zero-order valence-corrected chi connectivity index (χ0v) is 17.9. The Bertz CT molecular complexity index is 1280. The SMILES string of the molecule is CCOc1cccc(-c2cc(Nc3ccc(Oc4ccnc(C(N)=O)c4)cc3)nc(N)n2)c1. The van der Waals surface area contributed by atoms with Gasteiger partial charge in [0.1, 0.15) is 28.8 Å². The number of hydrogen-bond acceptors (Lipinski definition) is 8. The van der Waals surface area contributed by atoms with E-state index < -0.39 is 5.91 Å². The summed E-state index contributed by atoms with van der Waals surface area (Å²) < 4.78 is 11.3. The van der Waals surface area contributed by atoms with Crippen LogP contribution in [0, 0.1) is 0 Å². The van der Waals surface area contributed by atoms with Gasteiger partial charge in [-0.2, -0.15) is 4.98 Å². The number of rotatable bonds is 8. The van der Waals surface area contributed by atoms with Crippen LogP contribution in [-0.4, -0.2) is 27.5 Å². The number of pyridine rings is 1. The van der Waals surface area contributed by atoms with Crippen molar-refractivity contribution in [3.8, 4) is 28.5 Å². The average Bonchev–Trinajstić information content (AvgIpc) is 2.81. The van der Waals surface area contributed by atoms with Crippen molar-refractivity contribution in [3.05, 3.63) is 78.6 Å². The fraction of sp³-hybridized carbons (Fsp3) is 0.0833. The number of amides is 1. The first-order valence-electron chi connectivity index (χ1n) is 10.2. The van der Waals surface area contributed by atoms with Crippen LogP contribution < -0.4 is 26.3 Å². The van der Waals surface area contributed by atoms with E-state index in [0.29, 0.717) is 29.6 Å². The molecule has 2 heterocycles. The van der Waals surface area contributed by atoms with Crippen molar-refractivity contribution in [2.24, 2.45) is 5.73 Å². The predicted molar refractivity (Wildman–Crippen MR) is 126 cm³/mol. The Morgan fingerprint density at radius 1 is 0.970 bits per heavy atom. The van der Waals surface area contributed by atoms with Crippen molar-refractivity contribution in [2.45, 2.75) is 6.92 Å². The van der Waals surface area contributed by atoms with Crippen molar-refractivity contribution < 1.29 is 14.3 Å². The summed E-state index contributed by atoms with van der Waals surface area (Å²) in [6.45, 7) is 2.51. The quantitative estimate of drug-likeness (QED) is 0.370. The molecule has 0 saturated heterocycles. The van der Waals surface area contributed by atoms with Crippen LogP contribution in [0.4, 0.5) is 17.5 Å². The fourth-order valence-electron chi connectivity index (χ4n) is 3.09. The predicted octanol–water partition coefficient (Wildman–Crippen LogP) is 4.15. The summed E-state index contributed by atoms with van der Waals surface area (Å²) in [7, 11) is 0. The zero-order chi connectivity index (χ0) is 23.2. The maximum absolute atomic E-state index is 11.3. The van der Waals surface area contributed by atoms with Crippen LogP contribution in [0.2, 0.25) is 0 Å². The molecule has 0 aliphatic heterocycles. The molecule has 4 aromatic rings.